The van der Waals surface area contributed by atoms with Gasteiger partial charge in [-0.2, -0.15) is 0 Å². The average Bonchev–Trinajstić information content (AvgIpc) is 2.30. The van der Waals surface area contributed by atoms with Gasteiger partial charge >= 0.3 is 0 Å². The second kappa shape index (κ2) is 6.42. The second-order valence-electron chi connectivity index (χ2n) is 6.96. The van der Waals surface area contributed by atoms with E-state index in [1.807, 2.05) is 39.8 Å². The fourth-order valence-corrected chi connectivity index (χ4v) is 2.59. The van der Waals surface area contributed by atoms with E-state index in [9.17, 15) is 9.59 Å². The molecule has 0 aromatic carbocycles. The van der Waals surface area contributed by atoms with Gasteiger partial charge in [-0.25, -0.2) is 0 Å². The zero-order valence-corrected chi connectivity index (χ0v) is 13.4. The molecule has 0 radical (unpaired) electrons. The van der Waals surface area contributed by atoms with Crippen LogP contribution >= 0.6 is 0 Å². The molecule has 0 heterocycles. The van der Waals surface area contributed by atoms with Crippen molar-refractivity contribution >= 4 is 11.8 Å². The van der Waals surface area contributed by atoms with Gasteiger partial charge in [0.2, 0.25) is 11.8 Å². The van der Waals surface area contributed by atoms with E-state index < -0.39 is 5.41 Å². The van der Waals surface area contributed by atoms with Crippen LogP contribution in [0, 0.1) is 11.3 Å². The number of hydrogen-bond acceptors (Lipinski definition) is 2. The molecular formula is C16H28N2O2. The van der Waals surface area contributed by atoms with E-state index in [-0.39, 0.29) is 23.3 Å². The molecule has 0 spiro atoms. The van der Waals surface area contributed by atoms with Gasteiger partial charge in [-0.05, 0) is 47.0 Å². The van der Waals surface area contributed by atoms with Crippen LogP contribution in [0.5, 0.6) is 0 Å². The lowest BCUT2D eigenvalue weighted by atomic mass is 9.79. The molecule has 0 aromatic heterocycles. The third-order valence-corrected chi connectivity index (χ3v) is 3.77. The first kappa shape index (κ1) is 16.7. The van der Waals surface area contributed by atoms with Crippen LogP contribution in [0.3, 0.4) is 0 Å². The standard InChI is InChI=1S/C16H28N2O2/c1-15(2,3)18-13(19)12-8-6-10-16(4,11-7-9-12)14(20)17-5/h6,10,12H,7-9,11H2,1-5H3,(H,17,20)(H,18,19)/b10-6+. The van der Waals surface area contributed by atoms with Gasteiger partial charge in [0, 0.05) is 18.5 Å². The number of rotatable bonds is 2. The molecule has 0 aromatic rings. The molecule has 1 rings (SSSR count). The predicted molar refractivity (Wildman–Crippen MR) is 81.2 cm³/mol. The van der Waals surface area contributed by atoms with Crippen molar-refractivity contribution in [2.75, 3.05) is 7.05 Å². The first-order chi connectivity index (χ1) is 9.18. The van der Waals surface area contributed by atoms with E-state index in [0.29, 0.717) is 6.42 Å². The number of amides is 2. The maximum absolute atomic E-state index is 12.2. The maximum atomic E-state index is 12.2. The average molecular weight is 280 g/mol. The molecule has 0 saturated carbocycles. The normalized spacial score (nSPS) is 28.9. The van der Waals surface area contributed by atoms with E-state index in [2.05, 4.69) is 10.6 Å². The fourth-order valence-electron chi connectivity index (χ4n) is 2.59. The molecular weight excluding hydrogens is 252 g/mol. The minimum Gasteiger partial charge on any atom is -0.358 e. The first-order valence-corrected chi connectivity index (χ1v) is 7.40. The summed E-state index contributed by atoms with van der Waals surface area (Å²) in [5.74, 6) is 0.178. The summed E-state index contributed by atoms with van der Waals surface area (Å²) in [7, 11) is 1.67. The van der Waals surface area contributed by atoms with Gasteiger partial charge in [0.1, 0.15) is 0 Å². The van der Waals surface area contributed by atoms with Gasteiger partial charge < -0.3 is 10.6 Å². The van der Waals surface area contributed by atoms with Gasteiger partial charge in [-0.1, -0.05) is 18.6 Å². The summed E-state index contributed by atoms with van der Waals surface area (Å²) < 4.78 is 0. The minimum absolute atomic E-state index is 0.0136. The summed E-state index contributed by atoms with van der Waals surface area (Å²) in [5, 5.41) is 5.76. The zero-order chi connectivity index (χ0) is 15.4. The van der Waals surface area contributed by atoms with E-state index in [1.165, 1.54) is 0 Å². The Morgan fingerprint density at radius 3 is 2.50 bits per heavy atom. The van der Waals surface area contributed by atoms with Crippen molar-refractivity contribution < 1.29 is 9.59 Å². The monoisotopic (exact) mass is 280 g/mol. The lowest BCUT2D eigenvalue weighted by Crippen LogP contribution is -2.44. The van der Waals surface area contributed by atoms with Crippen molar-refractivity contribution in [2.24, 2.45) is 11.3 Å². The summed E-state index contributed by atoms with van der Waals surface area (Å²) in [5.41, 5.74) is -0.639. The van der Waals surface area contributed by atoms with Gasteiger partial charge in [0.15, 0.2) is 0 Å². The first-order valence-electron chi connectivity index (χ1n) is 7.40. The van der Waals surface area contributed by atoms with E-state index in [4.69, 9.17) is 0 Å². The molecule has 114 valence electrons. The smallest absolute Gasteiger partial charge is 0.229 e. The lowest BCUT2D eigenvalue weighted by Gasteiger charge is -2.29. The number of hydrogen-bond donors (Lipinski definition) is 2. The van der Waals surface area contributed by atoms with Crippen LogP contribution in [0.4, 0.5) is 0 Å². The highest BCUT2D eigenvalue weighted by Gasteiger charge is 2.31. The topological polar surface area (TPSA) is 58.2 Å². The molecule has 1 aliphatic rings. The Balaban J connectivity index is 2.71. The van der Waals surface area contributed by atoms with Crippen molar-refractivity contribution in [3.63, 3.8) is 0 Å². The molecule has 2 unspecified atom stereocenters. The molecule has 2 N–H and O–H groups in total. The Morgan fingerprint density at radius 1 is 1.30 bits per heavy atom. The Bertz CT molecular complexity index is 396. The minimum atomic E-state index is -0.444. The maximum Gasteiger partial charge on any atom is 0.229 e. The molecule has 2 amide bonds. The Morgan fingerprint density at radius 2 is 1.95 bits per heavy atom. The van der Waals surface area contributed by atoms with Crippen LogP contribution in [-0.4, -0.2) is 24.4 Å². The summed E-state index contributed by atoms with van der Waals surface area (Å²) in [6.07, 6.45) is 7.15. The molecule has 0 fully saturated rings. The zero-order valence-electron chi connectivity index (χ0n) is 13.4. The summed E-state index contributed by atoms with van der Waals surface area (Å²) in [6, 6.07) is 0. The van der Waals surface area contributed by atoms with Crippen molar-refractivity contribution in [1.29, 1.82) is 0 Å². The lowest BCUT2D eigenvalue weighted by molar-refractivity contribution is -0.127. The molecule has 4 nitrogen and oxygen atoms in total. The van der Waals surface area contributed by atoms with Crippen LogP contribution in [0.25, 0.3) is 0 Å². The predicted octanol–water partition coefficient (Wildman–Crippen LogP) is 2.40. The SMILES string of the molecule is CNC(=O)C1(C)/C=C/CC(C(=O)NC(C)(C)C)CCC1. The number of carbonyl (C=O) groups excluding carboxylic acids is 2. The highest BCUT2D eigenvalue weighted by Crippen LogP contribution is 2.31. The third-order valence-electron chi connectivity index (χ3n) is 3.77. The van der Waals surface area contributed by atoms with Crippen LogP contribution in [0.1, 0.15) is 53.4 Å². The summed E-state index contributed by atoms with van der Waals surface area (Å²) in [4.78, 5) is 24.1. The third kappa shape index (κ3) is 4.66. The molecule has 1 aliphatic carbocycles. The number of carbonyl (C=O) groups is 2. The molecule has 20 heavy (non-hydrogen) atoms. The van der Waals surface area contributed by atoms with Crippen molar-refractivity contribution in [1.82, 2.24) is 10.6 Å². The molecule has 4 heteroatoms. The molecule has 0 bridgehead atoms. The van der Waals surface area contributed by atoms with Gasteiger partial charge in [-0.15, -0.1) is 0 Å². The molecule has 0 aliphatic heterocycles. The van der Waals surface area contributed by atoms with E-state index in [0.717, 1.165) is 19.3 Å². The fraction of sp³-hybridized carbons (Fsp3) is 0.750. The number of allylic oxidation sites excluding steroid dienone is 1. The highest BCUT2D eigenvalue weighted by molar-refractivity contribution is 5.84. The van der Waals surface area contributed by atoms with Crippen molar-refractivity contribution in [3.8, 4) is 0 Å². The van der Waals surface area contributed by atoms with Crippen molar-refractivity contribution in [2.45, 2.75) is 58.9 Å². The van der Waals surface area contributed by atoms with Gasteiger partial charge in [-0.3, -0.25) is 9.59 Å². The van der Waals surface area contributed by atoms with Gasteiger partial charge in [0.25, 0.3) is 0 Å². The Kier molecular flexibility index (Phi) is 5.37. The summed E-state index contributed by atoms with van der Waals surface area (Å²) >= 11 is 0. The van der Waals surface area contributed by atoms with Crippen molar-refractivity contribution in [3.05, 3.63) is 12.2 Å². The quantitative estimate of drug-likeness (QED) is 0.763. The Hall–Kier alpha value is -1.32. The molecule has 0 saturated heterocycles. The summed E-state index contributed by atoms with van der Waals surface area (Å²) in [6.45, 7) is 7.93. The second-order valence-corrected chi connectivity index (χ2v) is 6.96. The largest absolute Gasteiger partial charge is 0.358 e. The van der Waals surface area contributed by atoms with Crippen LogP contribution in [0.2, 0.25) is 0 Å². The van der Waals surface area contributed by atoms with Crippen LogP contribution in [-0.2, 0) is 9.59 Å². The van der Waals surface area contributed by atoms with Crippen LogP contribution in [0.15, 0.2) is 12.2 Å². The highest BCUT2D eigenvalue weighted by atomic mass is 16.2. The molecule has 2 atom stereocenters. The number of nitrogens with one attached hydrogen (secondary N) is 2. The Labute approximate surface area is 122 Å². The van der Waals surface area contributed by atoms with E-state index >= 15 is 0 Å². The van der Waals surface area contributed by atoms with E-state index in [1.54, 1.807) is 7.05 Å². The van der Waals surface area contributed by atoms with Crippen LogP contribution < -0.4 is 10.6 Å². The van der Waals surface area contributed by atoms with Gasteiger partial charge in [0.05, 0.1) is 5.41 Å².